The van der Waals surface area contributed by atoms with Crippen LogP contribution in [0.25, 0.3) is 5.69 Å². The van der Waals surface area contributed by atoms with Gasteiger partial charge in [0, 0.05) is 6.07 Å². The highest BCUT2D eigenvalue weighted by Gasteiger charge is 2.09. The molecule has 2 aromatic rings. The van der Waals surface area contributed by atoms with Gasteiger partial charge in [-0.15, -0.1) is 5.10 Å². The first-order valence-electron chi connectivity index (χ1n) is 4.50. The first-order chi connectivity index (χ1) is 7.70. The van der Waals surface area contributed by atoms with Crippen LogP contribution in [0.5, 0.6) is 5.75 Å². The Morgan fingerprint density at radius 3 is 2.94 bits per heavy atom. The van der Waals surface area contributed by atoms with Gasteiger partial charge < -0.3 is 9.84 Å². The van der Waals surface area contributed by atoms with E-state index in [0.29, 0.717) is 11.4 Å². The first kappa shape index (κ1) is 10.2. The second kappa shape index (κ2) is 4.01. The van der Waals surface area contributed by atoms with Crippen LogP contribution in [0.15, 0.2) is 30.6 Å². The minimum atomic E-state index is -1.15. The number of hydrogen-bond acceptors (Lipinski definition) is 4. The largest absolute Gasteiger partial charge is 0.497 e. The van der Waals surface area contributed by atoms with Crippen molar-refractivity contribution in [3.05, 3.63) is 36.4 Å². The molecule has 0 bridgehead atoms. The lowest BCUT2D eigenvalue weighted by molar-refractivity contribution is 0.0683. The van der Waals surface area contributed by atoms with E-state index >= 15 is 0 Å². The van der Waals surface area contributed by atoms with E-state index in [0.717, 1.165) is 0 Å². The Labute approximate surface area is 91.1 Å². The van der Waals surface area contributed by atoms with E-state index < -0.39 is 5.97 Å². The summed E-state index contributed by atoms with van der Waals surface area (Å²) in [5.74, 6) is -0.714. The summed E-state index contributed by atoms with van der Waals surface area (Å²) in [4.78, 5) is 14.3. The minimum absolute atomic E-state index is 0.234. The van der Waals surface area contributed by atoms with E-state index in [4.69, 9.17) is 9.84 Å². The molecule has 0 unspecified atom stereocenters. The summed E-state index contributed by atoms with van der Waals surface area (Å²) in [7, 11) is 1.56. The molecule has 0 aliphatic carbocycles. The summed E-state index contributed by atoms with van der Waals surface area (Å²) >= 11 is 0. The Balaban J connectivity index is 2.38. The lowest BCUT2D eigenvalue weighted by Gasteiger charge is -2.02. The molecular weight excluding hydrogens is 210 g/mol. The number of benzene rings is 1. The van der Waals surface area contributed by atoms with E-state index in [9.17, 15) is 4.79 Å². The highest BCUT2D eigenvalue weighted by atomic mass is 16.5. The molecule has 0 radical (unpaired) electrons. The Hall–Kier alpha value is -2.37. The van der Waals surface area contributed by atoms with Crippen molar-refractivity contribution in [1.29, 1.82) is 0 Å². The average molecular weight is 219 g/mol. The third-order valence-corrected chi connectivity index (χ3v) is 2.00. The summed E-state index contributed by atoms with van der Waals surface area (Å²) in [6.45, 7) is 0. The predicted molar refractivity (Wildman–Crippen MR) is 54.9 cm³/mol. The predicted octanol–water partition coefficient (Wildman–Crippen LogP) is 0.974. The van der Waals surface area contributed by atoms with Gasteiger partial charge in [0.05, 0.1) is 12.8 Å². The third kappa shape index (κ3) is 1.85. The fourth-order valence-electron chi connectivity index (χ4n) is 1.24. The molecule has 1 heterocycles. The molecule has 0 saturated carbocycles. The molecule has 1 aromatic heterocycles. The standard InChI is InChI=1S/C10H9N3O3/c1-16-8-4-2-3-7(5-8)13-6-11-9(12-13)10(14)15/h2-6H,1H3,(H,14,15). The Morgan fingerprint density at radius 2 is 2.31 bits per heavy atom. The van der Waals surface area contributed by atoms with Crippen LogP contribution in [0.1, 0.15) is 10.6 Å². The highest BCUT2D eigenvalue weighted by molar-refractivity contribution is 5.82. The van der Waals surface area contributed by atoms with E-state index in [1.165, 1.54) is 11.0 Å². The van der Waals surface area contributed by atoms with E-state index in [-0.39, 0.29) is 5.82 Å². The molecule has 0 atom stereocenters. The zero-order chi connectivity index (χ0) is 11.5. The van der Waals surface area contributed by atoms with Crippen molar-refractivity contribution >= 4 is 5.97 Å². The monoisotopic (exact) mass is 219 g/mol. The molecule has 0 amide bonds. The number of methoxy groups -OCH3 is 1. The van der Waals surface area contributed by atoms with Crippen LogP contribution >= 0.6 is 0 Å². The Bertz CT molecular complexity index is 522. The zero-order valence-corrected chi connectivity index (χ0v) is 8.49. The molecule has 0 aliphatic rings. The van der Waals surface area contributed by atoms with Gasteiger partial charge in [-0.3, -0.25) is 0 Å². The van der Waals surface area contributed by atoms with E-state index in [1.807, 2.05) is 0 Å². The first-order valence-corrected chi connectivity index (χ1v) is 4.50. The number of carbonyl (C=O) groups is 1. The van der Waals surface area contributed by atoms with Crippen LogP contribution < -0.4 is 4.74 Å². The van der Waals surface area contributed by atoms with Crippen molar-refractivity contribution in [3.63, 3.8) is 0 Å². The summed E-state index contributed by atoms with van der Waals surface area (Å²) < 4.78 is 6.43. The van der Waals surface area contributed by atoms with Gasteiger partial charge in [-0.2, -0.15) is 0 Å². The Kier molecular flexibility index (Phi) is 2.55. The normalized spacial score (nSPS) is 10.1. The highest BCUT2D eigenvalue weighted by Crippen LogP contribution is 2.15. The molecular formula is C10H9N3O3. The van der Waals surface area contributed by atoms with Gasteiger partial charge in [0.25, 0.3) is 5.82 Å². The van der Waals surface area contributed by atoms with Crippen molar-refractivity contribution in [1.82, 2.24) is 14.8 Å². The molecule has 82 valence electrons. The molecule has 0 aliphatic heterocycles. The number of ether oxygens (including phenoxy) is 1. The van der Waals surface area contributed by atoms with Crippen molar-refractivity contribution in [3.8, 4) is 11.4 Å². The molecule has 6 heteroatoms. The number of rotatable bonds is 3. The second-order valence-electron chi connectivity index (χ2n) is 3.02. The fraction of sp³-hybridized carbons (Fsp3) is 0.100. The zero-order valence-electron chi connectivity index (χ0n) is 8.49. The maximum absolute atomic E-state index is 10.6. The minimum Gasteiger partial charge on any atom is -0.497 e. The lowest BCUT2D eigenvalue weighted by Crippen LogP contribution is -2.01. The van der Waals surface area contributed by atoms with Crippen molar-refractivity contribution in [2.45, 2.75) is 0 Å². The number of aromatic nitrogens is 3. The van der Waals surface area contributed by atoms with Gasteiger partial charge in [-0.1, -0.05) is 6.07 Å². The molecule has 0 fully saturated rings. The lowest BCUT2D eigenvalue weighted by atomic mass is 10.3. The van der Waals surface area contributed by atoms with Crippen molar-refractivity contribution < 1.29 is 14.6 Å². The molecule has 1 aromatic carbocycles. The van der Waals surface area contributed by atoms with Crippen LogP contribution in [0.2, 0.25) is 0 Å². The van der Waals surface area contributed by atoms with Gasteiger partial charge >= 0.3 is 5.97 Å². The molecule has 2 rings (SSSR count). The van der Waals surface area contributed by atoms with Gasteiger partial charge in [-0.05, 0) is 12.1 Å². The van der Waals surface area contributed by atoms with Crippen LogP contribution in [0.3, 0.4) is 0 Å². The molecule has 16 heavy (non-hydrogen) atoms. The summed E-state index contributed by atoms with van der Waals surface area (Å²) in [5, 5.41) is 12.5. The summed E-state index contributed by atoms with van der Waals surface area (Å²) in [6, 6.07) is 7.10. The number of aromatic carboxylic acids is 1. The second-order valence-corrected chi connectivity index (χ2v) is 3.02. The molecule has 0 saturated heterocycles. The van der Waals surface area contributed by atoms with Gasteiger partial charge in [0.2, 0.25) is 0 Å². The topological polar surface area (TPSA) is 77.2 Å². The van der Waals surface area contributed by atoms with E-state index in [2.05, 4.69) is 10.1 Å². The van der Waals surface area contributed by atoms with Gasteiger partial charge in [0.15, 0.2) is 0 Å². The third-order valence-electron chi connectivity index (χ3n) is 2.00. The Morgan fingerprint density at radius 1 is 1.50 bits per heavy atom. The van der Waals surface area contributed by atoms with Crippen LogP contribution in [-0.2, 0) is 0 Å². The molecule has 6 nitrogen and oxygen atoms in total. The van der Waals surface area contributed by atoms with Crippen molar-refractivity contribution in [2.75, 3.05) is 7.11 Å². The fourth-order valence-corrected chi connectivity index (χ4v) is 1.24. The SMILES string of the molecule is COc1cccc(-n2cnc(C(=O)O)n2)c1. The maximum Gasteiger partial charge on any atom is 0.375 e. The summed E-state index contributed by atoms with van der Waals surface area (Å²) in [6.07, 6.45) is 1.35. The molecule has 1 N–H and O–H groups in total. The van der Waals surface area contributed by atoms with Crippen LogP contribution in [0, 0.1) is 0 Å². The van der Waals surface area contributed by atoms with Crippen LogP contribution in [0.4, 0.5) is 0 Å². The number of nitrogens with zero attached hydrogens (tertiary/aromatic N) is 3. The number of hydrogen-bond donors (Lipinski definition) is 1. The average Bonchev–Trinajstić information content (AvgIpc) is 2.78. The summed E-state index contributed by atoms with van der Waals surface area (Å²) in [5.41, 5.74) is 0.694. The van der Waals surface area contributed by atoms with E-state index in [1.54, 1.807) is 31.4 Å². The maximum atomic E-state index is 10.6. The van der Waals surface area contributed by atoms with Gasteiger partial charge in [-0.25, -0.2) is 14.5 Å². The van der Waals surface area contributed by atoms with Crippen molar-refractivity contribution in [2.24, 2.45) is 0 Å². The smallest absolute Gasteiger partial charge is 0.375 e. The van der Waals surface area contributed by atoms with Gasteiger partial charge in [0.1, 0.15) is 12.1 Å². The quantitative estimate of drug-likeness (QED) is 0.832. The number of carboxylic acid groups (broad SMARTS) is 1. The van der Waals surface area contributed by atoms with Crippen LogP contribution in [-0.4, -0.2) is 33.0 Å². The molecule has 0 spiro atoms. The number of carboxylic acids is 1.